The third kappa shape index (κ3) is 6.72. The smallest absolute Gasteiger partial charge is 0.345 e. The highest BCUT2D eigenvalue weighted by Gasteiger charge is 2.16. The second-order valence-electron chi connectivity index (χ2n) is 4.65. The zero-order valence-corrected chi connectivity index (χ0v) is 13.4. The number of amides is 1. The zero-order chi connectivity index (χ0) is 15.9. The highest BCUT2D eigenvalue weighted by atomic mass is 32.2. The first-order valence-electron chi connectivity index (χ1n) is 6.63. The molecule has 0 aliphatic rings. The highest BCUT2D eigenvalue weighted by Crippen LogP contribution is 2.15. The summed E-state index contributed by atoms with van der Waals surface area (Å²) in [7, 11) is -3.37. The third-order valence-corrected chi connectivity index (χ3v) is 5.43. The predicted octanol–water partition coefficient (Wildman–Crippen LogP) is 1.67. The average Bonchev–Trinajstić information content (AvgIpc) is 2.85. The van der Waals surface area contributed by atoms with Gasteiger partial charge in [0, 0.05) is 4.88 Å². The Balaban J connectivity index is 2.41. The van der Waals surface area contributed by atoms with Crippen molar-refractivity contribution in [2.45, 2.75) is 32.7 Å². The van der Waals surface area contributed by atoms with Crippen molar-refractivity contribution >= 4 is 33.1 Å². The summed E-state index contributed by atoms with van der Waals surface area (Å²) in [5, 5.41) is 11.3. The van der Waals surface area contributed by atoms with Gasteiger partial charge in [-0.3, -0.25) is 4.79 Å². The maximum absolute atomic E-state index is 11.7. The minimum atomic E-state index is -3.37. The number of nitrogens with one attached hydrogen (secondary N) is 1. The maximum Gasteiger partial charge on any atom is 0.345 e. The van der Waals surface area contributed by atoms with E-state index in [1.54, 1.807) is 6.07 Å². The molecule has 0 aliphatic heterocycles. The lowest BCUT2D eigenvalue weighted by molar-refractivity contribution is -0.118. The van der Waals surface area contributed by atoms with Crippen LogP contribution in [0.3, 0.4) is 0 Å². The lowest BCUT2D eigenvalue weighted by atomic mass is 10.3. The van der Waals surface area contributed by atoms with Crippen LogP contribution in [-0.2, 0) is 21.2 Å². The van der Waals surface area contributed by atoms with Gasteiger partial charge in [0.2, 0.25) is 5.91 Å². The first-order valence-corrected chi connectivity index (χ1v) is 9.27. The summed E-state index contributed by atoms with van der Waals surface area (Å²) in [6.45, 7) is 2.12. The van der Waals surface area contributed by atoms with E-state index in [-0.39, 0.29) is 17.2 Å². The monoisotopic (exact) mass is 333 g/mol. The summed E-state index contributed by atoms with van der Waals surface area (Å²) >= 11 is 1.05. The number of rotatable bonds is 9. The Morgan fingerprint density at radius 3 is 2.57 bits per heavy atom. The van der Waals surface area contributed by atoms with E-state index in [9.17, 15) is 18.0 Å². The molecule has 0 fully saturated rings. The van der Waals surface area contributed by atoms with Crippen LogP contribution in [0.1, 0.15) is 40.7 Å². The number of carboxylic acids is 1. The SMILES string of the molecule is CCCCCS(=O)(=O)CC(=O)NCc1ccc(C(=O)O)s1. The molecular formula is C13H19NO5S2. The van der Waals surface area contributed by atoms with Crippen LogP contribution >= 0.6 is 11.3 Å². The molecule has 0 saturated heterocycles. The molecule has 1 rings (SSSR count). The molecule has 0 aliphatic carbocycles. The number of hydrogen-bond acceptors (Lipinski definition) is 5. The Morgan fingerprint density at radius 1 is 1.29 bits per heavy atom. The molecular weight excluding hydrogens is 314 g/mol. The quantitative estimate of drug-likeness (QED) is 0.670. The van der Waals surface area contributed by atoms with Gasteiger partial charge in [0.15, 0.2) is 9.84 Å². The van der Waals surface area contributed by atoms with Gasteiger partial charge in [-0.1, -0.05) is 19.8 Å². The first kappa shape index (κ1) is 17.6. The molecule has 1 amide bonds. The van der Waals surface area contributed by atoms with Crippen molar-refractivity contribution < 1.29 is 23.1 Å². The van der Waals surface area contributed by atoms with Crippen LogP contribution in [0.2, 0.25) is 0 Å². The minimum Gasteiger partial charge on any atom is -0.477 e. The number of carboxylic acid groups (broad SMARTS) is 1. The fourth-order valence-electron chi connectivity index (χ4n) is 1.67. The van der Waals surface area contributed by atoms with E-state index in [0.717, 1.165) is 24.2 Å². The van der Waals surface area contributed by atoms with Crippen molar-refractivity contribution in [1.29, 1.82) is 0 Å². The molecule has 21 heavy (non-hydrogen) atoms. The number of aromatic carboxylic acids is 1. The van der Waals surface area contributed by atoms with Crippen molar-refractivity contribution in [3.05, 3.63) is 21.9 Å². The van der Waals surface area contributed by atoms with E-state index in [4.69, 9.17) is 5.11 Å². The Hall–Kier alpha value is -1.41. The van der Waals surface area contributed by atoms with Crippen LogP contribution in [0.25, 0.3) is 0 Å². The van der Waals surface area contributed by atoms with Gasteiger partial charge in [0.05, 0.1) is 12.3 Å². The zero-order valence-electron chi connectivity index (χ0n) is 11.8. The van der Waals surface area contributed by atoms with Crippen molar-refractivity contribution in [1.82, 2.24) is 5.32 Å². The maximum atomic E-state index is 11.7. The summed E-state index contributed by atoms with van der Waals surface area (Å²) in [6, 6.07) is 3.06. The van der Waals surface area contributed by atoms with Gasteiger partial charge >= 0.3 is 5.97 Å². The Morgan fingerprint density at radius 2 is 2.00 bits per heavy atom. The second-order valence-corrected chi connectivity index (χ2v) is 8.00. The highest BCUT2D eigenvalue weighted by molar-refractivity contribution is 7.92. The summed E-state index contributed by atoms with van der Waals surface area (Å²) < 4.78 is 23.4. The summed E-state index contributed by atoms with van der Waals surface area (Å²) in [5.74, 6) is -2.07. The first-order chi connectivity index (χ1) is 9.84. The van der Waals surface area contributed by atoms with E-state index in [1.165, 1.54) is 6.07 Å². The van der Waals surface area contributed by atoms with Gasteiger partial charge in [0.1, 0.15) is 10.6 Å². The van der Waals surface area contributed by atoms with Crippen LogP contribution in [-0.4, -0.2) is 36.9 Å². The molecule has 6 nitrogen and oxygen atoms in total. The summed E-state index contributed by atoms with van der Waals surface area (Å²) in [5.41, 5.74) is 0. The molecule has 8 heteroatoms. The number of sulfone groups is 1. The lowest BCUT2D eigenvalue weighted by Gasteiger charge is -2.05. The number of thiophene rings is 1. The van der Waals surface area contributed by atoms with Gasteiger partial charge in [0.25, 0.3) is 0 Å². The van der Waals surface area contributed by atoms with Crippen molar-refractivity contribution in [3.8, 4) is 0 Å². The molecule has 0 saturated carbocycles. The van der Waals surface area contributed by atoms with Crippen LogP contribution in [0.5, 0.6) is 0 Å². The van der Waals surface area contributed by atoms with Crippen molar-refractivity contribution in [2.75, 3.05) is 11.5 Å². The largest absolute Gasteiger partial charge is 0.477 e. The fourth-order valence-corrected chi connectivity index (χ4v) is 3.74. The number of carbonyl (C=O) groups is 2. The lowest BCUT2D eigenvalue weighted by Crippen LogP contribution is -2.30. The van der Waals surface area contributed by atoms with E-state index in [2.05, 4.69) is 5.32 Å². The second kappa shape index (κ2) is 8.14. The van der Waals surface area contributed by atoms with Crippen LogP contribution in [0.4, 0.5) is 0 Å². The summed E-state index contributed by atoms with van der Waals surface area (Å²) in [4.78, 5) is 23.2. The molecule has 0 aromatic carbocycles. The molecule has 2 N–H and O–H groups in total. The molecule has 1 heterocycles. The van der Waals surface area contributed by atoms with Crippen LogP contribution in [0, 0.1) is 0 Å². The van der Waals surface area contributed by atoms with E-state index in [1.807, 2.05) is 6.92 Å². The van der Waals surface area contributed by atoms with Gasteiger partial charge in [-0.05, 0) is 18.6 Å². The third-order valence-electron chi connectivity index (χ3n) is 2.74. The van der Waals surface area contributed by atoms with E-state index in [0.29, 0.717) is 11.3 Å². The van der Waals surface area contributed by atoms with Gasteiger partial charge < -0.3 is 10.4 Å². The number of unbranched alkanes of at least 4 members (excludes halogenated alkanes) is 2. The molecule has 0 unspecified atom stereocenters. The summed E-state index contributed by atoms with van der Waals surface area (Å²) in [6.07, 6.45) is 2.32. The predicted molar refractivity (Wildman–Crippen MR) is 81.3 cm³/mol. The Labute approximate surface area is 128 Å². The van der Waals surface area contributed by atoms with Crippen LogP contribution < -0.4 is 5.32 Å². The van der Waals surface area contributed by atoms with Crippen molar-refractivity contribution in [3.63, 3.8) is 0 Å². The number of hydrogen-bond donors (Lipinski definition) is 2. The molecule has 118 valence electrons. The topological polar surface area (TPSA) is 101 Å². The van der Waals surface area contributed by atoms with Gasteiger partial charge in [-0.2, -0.15) is 0 Å². The molecule has 0 bridgehead atoms. The molecule has 1 aromatic heterocycles. The molecule has 0 radical (unpaired) electrons. The minimum absolute atomic E-state index is 0.0242. The Bertz CT molecular complexity index is 591. The van der Waals surface area contributed by atoms with Crippen LogP contribution in [0.15, 0.2) is 12.1 Å². The molecule has 0 atom stereocenters. The van der Waals surface area contributed by atoms with Gasteiger partial charge in [-0.15, -0.1) is 11.3 Å². The normalized spacial score (nSPS) is 11.3. The molecule has 0 spiro atoms. The van der Waals surface area contributed by atoms with E-state index >= 15 is 0 Å². The van der Waals surface area contributed by atoms with Crippen molar-refractivity contribution in [2.24, 2.45) is 0 Å². The Kier molecular flexibility index (Phi) is 6.83. The standard InChI is InChI=1S/C13H19NO5S2/c1-2-3-4-7-21(18,19)9-12(15)14-8-10-5-6-11(20-10)13(16)17/h5-6H,2-4,7-9H2,1H3,(H,14,15)(H,16,17). The average molecular weight is 333 g/mol. The number of carbonyl (C=O) groups excluding carboxylic acids is 1. The fraction of sp³-hybridized carbons (Fsp3) is 0.538. The molecule has 1 aromatic rings. The van der Waals surface area contributed by atoms with Gasteiger partial charge in [-0.25, -0.2) is 13.2 Å². The van der Waals surface area contributed by atoms with E-state index < -0.39 is 27.5 Å².